The molecule has 1 atom stereocenters. The van der Waals surface area contributed by atoms with Gasteiger partial charge in [-0.25, -0.2) is 4.39 Å². The molecule has 2 amide bonds. The second-order valence-electron chi connectivity index (χ2n) is 4.83. The summed E-state index contributed by atoms with van der Waals surface area (Å²) in [7, 11) is 0. The number of halogens is 1. The van der Waals surface area contributed by atoms with Gasteiger partial charge in [-0.3, -0.25) is 9.59 Å². The summed E-state index contributed by atoms with van der Waals surface area (Å²) in [5, 5.41) is 14.4. The number of carbonyl (C=O) groups is 2. The summed E-state index contributed by atoms with van der Waals surface area (Å²) in [5.41, 5.74) is 0.547. The van der Waals surface area contributed by atoms with E-state index in [4.69, 9.17) is 0 Å². The number of carbonyl (C=O) groups excluding carboxylic acids is 2. The SMILES string of the molecule is CCCC(O)CNC(=O)CNC(=O)Cc1cccc(F)c1. The molecule has 0 aliphatic rings. The average Bonchev–Trinajstić information content (AvgIpc) is 2.43. The predicted molar refractivity (Wildman–Crippen MR) is 77.0 cm³/mol. The molecule has 0 radical (unpaired) electrons. The third-order valence-corrected chi connectivity index (χ3v) is 2.86. The third-order valence-electron chi connectivity index (χ3n) is 2.86. The third kappa shape index (κ3) is 7.41. The Morgan fingerprint density at radius 3 is 2.71 bits per heavy atom. The number of benzene rings is 1. The lowest BCUT2D eigenvalue weighted by Gasteiger charge is -2.11. The lowest BCUT2D eigenvalue weighted by atomic mass is 10.1. The maximum absolute atomic E-state index is 13.0. The molecule has 0 saturated carbocycles. The number of rotatable bonds is 8. The van der Waals surface area contributed by atoms with Crippen LogP contribution in [0.4, 0.5) is 4.39 Å². The largest absolute Gasteiger partial charge is 0.391 e. The molecule has 1 aromatic rings. The van der Waals surface area contributed by atoms with Crippen LogP contribution in [-0.4, -0.2) is 36.1 Å². The molecule has 5 nitrogen and oxygen atoms in total. The van der Waals surface area contributed by atoms with Gasteiger partial charge in [-0.05, 0) is 24.1 Å². The van der Waals surface area contributed by atoms with E-state index < -0.39 is 11.9 Å². The summed E-state index contributed by atoms with van der Waals surface area (Å²) in [6, 6.07) is 5.75. The summed E-state index contributed by atoms with van der Waals surface area (Å²) < 4.78 is 13.0. The monoisotopic (exact) mass is 296 g/mol. The number of aliphatic hydroxyl groups excluding tert-OH is 1. The first kappa shape index (κ1) is 17.1. The van der Waals surface area contributed by atoms with Crippen LogP contribution < -0.4 is 10.6 Å². The van der Waals surface area contributed by atoms with Crippen LogP contribution in [0.1, 0.15) is 25.3 Å². The van der Waals surface area contributed by atoms with Crippen molar-refractivity contribution in [3.63, 3.8) is 0 Å². The summed E-state index contributed by atoms with van der Waals surface area (Å²) >= 11 is 0. The molecule has 0 aliphatic carbocycles. The first-order valence-corrected chi connectivity index (χ1v) is 6.97. The lowest BCUT2D eigenvalue weighted by molar-refractivity contribution is -0.126. The molecule has 0 fully saturated rings. The normalized spacial score (nSPS) is 11.8. The molecule has 0 aliphatic heterocycles. The average molecular weight is 296 g/mol. The molecular formula is C15H21FN2O3. The Morgan fingerprint density at radius 1 is 1.29 bits per heavy atom. The fourth-order valence-electron chi connectivity index (χ4n) is 1.80. The van der Waals surface area contributed by atoms with Crippen molar-refractivity contribution in [1.82, 2.24) is 10.6 Å². The van der Waals surface area contributed by atoms with E-state index in [0.29, 0.717) is 12.0 Å². The van der Waals surface area contributed by atoms with Gasteiger partial charge in [0.1, 0.15) is 5.82 Å². The highest BCUT2D eigenvalue weighted by Gasteiger charge is 2.09. The number of hydrogen-bond acceptors (Lipinski definition) is 3. The van der Waals surface area contributed by atoms with Gasteiger partial charge < -0.3 is 15.7 Å². The predicted octanol–water partition coefficient (Wildman–Crippen LogP) is 0.762. The first-order valence-electron chi connectivity index (χ1n) is 6.97. The fraction of sp³-hybridized carbons (Fsp3) is 0.467. The van der Waals surface area contributed by atoms with E-state index in [0.717, 1.165) is 6.42 Å². The Balaban J connectivity index is 2.25. The van der Waals surface area contributed by atoms with Crippen molar-refractivity contribution in [2.75, 3.05) is 13.1 Å². The number of amides is 2. The second-order valence-corrected chi connectivity index (χ2v) is 4.83. The van der Waals surface area contributed by atoms with E-state index in [9.17, 15) is 19.1 Å². The Labute approximate surface area is 123 Å². The summed E-state index contributed by atoms with van der Waals surface area (Å²) in [5.74, 6) is -1.12. The maximum atomic E-state index is 13.0. The summed E-state index contributed by atoms with van der Waals surface area (Å²) in [6.45, 7) is 1.96. The van der Waals surface area contributed by atoms with Crippen molar-refractivity contribution < 1.29 is 19.1 Å². The summed E-state index contributed by atoms with van der Waals surface area (Å²) in [6.07, 6.45) is 0.902. The molecule has 21 heavy (non-hydrogen) atoms. The Kier molecular flexibility index (Phi) is 7.39. The molecule has 0 bridgehead atoms. The maximum Gasteiger partial charge on any atom is 0.239 e. The first-order chi connectivity index (χ1) is 10.0. The number of nitrogens with one attached hydrogen (secondary N) is 2. The van der Waals surface area contributed by atoms with Crippen molar-refractivity contribution in [2.24, 2.45) is 0 Å². The van der Waals surface area contributed by atoms with Crippen LogP contribution >= 0.6 is 0 Å². The van der Waals surface area contributed by atoms with Gasteiger partial charge in [-0.2, -0.15) is 0 Å². The Bertz CT molecular complexity index is 480. The molecule has 0 saturated heterocycles. The van der Waals surface area contributed by atoms with Crippen LogP contribution in [0.5, 0.6) is 0 Å². The Hall–Kier alpha value is -1.95. The van der Waals surface area contributed by atoms with Crippen LogP contribution in [0.15, 0.2) is 24.3 Å². The van der Waals surface area contributed by atoms with E-state index in [-0.39, 0.29) is 31.3 Å². The standard InChI is InChI=1S/C15H21FN2O3/c1-2-4-13(19)9-17-15(21)10-18-14(20)8-11-5-3-6-12(16)7-11/h3,5-7,13,19H,2,4,8-10H2,1H3,(H,17,21)(H,18,20). The molecule has 6 heteroatoms. The smallest absolute Gasteiger partial charge is 0.239 e. The zero-order valence-electron chi connectivity index (χ0n) is 12.1. The fourth-order valence-corrected chi connectivity index (χ4v) is 1.80. The molecule has 0 aromatic heterocycles. The molecule has 1 rings (SSSR count). The molecule has 0 spiro atoms. The van der Waals surface area contributed by atoms with Crippen molar-refractivity contribution in [1.29, 1.82) is 0 Å². The molecule has 0 heterocycles. The van der Waals surface area contributed by atoms with Gasteiger partial charge in [0.25, 0.3) is 0 Å². The van der Waals surface area contributed by atoms with Crippen LogP contribution in [-0.2, 0) is 16.0 Å². The van der Waals surface area contributed by atoms with Gasteiger partial charge in [0.05, 0.1) is 19.1 Å². The second kappa shape index (κ2) is 9.07. The molecule has 116 valence electrons. The van der Waals surface area contributed by atoms with Crippen LogP contribution in [0.2, 0.25) is 0 Å². The van der Waals surface area contributed by atoms with Gasteiger partial charge in [-0.15, -0.1) is 0 Å². The van der Waals surface area contributed by atoms with E-state index in [1.807, 2.05) is 6.92 Å². The number of aliphatic hydroxyl groups is 1. The molecule has 1 aromatic carbocycles. The zero-order valence-corrected chi connectivity index (χ0v) is 12.1. The highest BCUT2D eigenvalue weighted by atomic mass is 19.1. The van der Waals surface area contributed by atoms with Gasteiger partial charge in [-0.1, -0.05) is 25.5 Å². The van der Waals surface area contributed by atoms with Crippen molar-refractivity contribution in [2.45, 2.75) is 32.3 Å². The van der Waals surface area contributed by atoms with Crippen molar-refractivity contribution in [3.05, 3.63) is 35.6 Å². The van der Waals surface area contributed by atoms with Gasteiger partial charge in [0, 0.05) is 6.54 Å². The van der Waals surface area contributed by atoms with E-state index >= 15 is 0 Å². The van der Waals surface area contributed by atoms with Crippen molar-refractivity contribution >= 4 is 11.8 Å². The van der Waals surface area contributed by atoms with E-state index in [2.05, 4.69) is 10.6 Å². The molecule has 1 unspecified atom stereocenters. The van der Waals surface area contributed by atoms with Crippen LogP contribution in [0.25, 0.3) is 0 Å². The lowest BCUT2D eigenvalue weighted by Crippen LogP contribution is -2.40. The number of hydrogen-bond donors (Lipinski definition) is 3. The zero-order chi connectivity index (χ0) is 15.7. The quantitative estimate of drug-likeness (QED) is 0.663. The highest BCUT2D eigenvalue weighted by molar-refractivity contribution is 5.85. The van der Waals surface area contributed by atoms with Gasteiger partial charge in [0.2, 0.25) is 11.8 Å². The van der Waals surface area contributed by atoms with Crippen LogP contribution in [0.3, 0.4) is 0 Å². The van der Waals surface area contributed by atoms with Gasteiger partial charge in [0.15, 0.2) is 0 Å². The highest BCUT2D eigenvalue weighted by Crippen LogP contribution is 2.03. The van der Waals surface area contributed by atoms with Gasteiger partial charge >= 0.3 is 0 Å². The summed E-state index contributed by atoms with van der Waals surface area (Å²) in [4.78, 5) is 23.1. The Morgan fingerprint density at radius 2 is 2.05 bits per heavy atom. The minimum Gasteiger partial charge on any atom is -0.391 e. The minimum atomic E-state index is -0.568. The van der Waals surface area contributed by atoms with Crippen LogP contribution in [0, 0.1) is 5.82 Å². The topological polar surface area (TPSA) is 78.4 Å². The molecule has 3 N–H and O–H groups in total. The molecular weight excluding hydrogens is 275 g/mol. The minimum absolute atomic E-state index is 0.0174. The van der Waals surface area contributed by atoms with E-state index in [1.54, 1.807) is 6.07 Å². The van der Waals surface area contributed by atoms with Crippen molar-refractivity contribution in [3.8, 4) is 0 Å². The van der Waals surface area contributed by atoms with E-state index in [1.165, 1.54) is 18.2 Å².